The summed E-state index contributed by atoms with van der Waals surface area (Å²) in [5.41, 5.74) is 1.61. The summed E-state index contributed by atoms with van der Waals surface area (Å²) in [7, 11) is -3.54. The van der Waals surface area contributed by atoms with Gasteiger partial charge in [0.05, 0.1) is 4.90 Å². The van der Waals surface area contributed by atoms with Gasteiger partial charge in [0.15, 0.2) is 0 Å². The van der Waals surface area contributed by atoms with Crippen molar-refractivity contribution in [3.05, 3.63) is 65.7 Å². The summed E-state index contributed by atoms with van der Waals surface area (Å²) >= 11 is 0. The smallest absolute Gasteiger partial charge is 0.253 e. The molecule has 0 atom stereocenters. The molecule has 2 aromatic carbocycles. The number of nitrogens with one attached hydrogen (secondary N) is 1. The van der Waals surface area contributed by atoms with E-state index in [1.54, 1.807) is 30.9 Å². The van der Waals surface area contributed by atoms with Crippen molar-refractivity contribution in [2.75, 3.05) is 26.2 Å². The van der Waals surface area contributed by atoms with Crippen LogP contribution in [-0.2, 0) is 21.2 Å². The fourth-order valence-corrected chi connectivity index (χ4v) is 5.55. The molecule has 0 aromatic heterocycles. The van der Waals surface area contributed by atoms with Crippen molar-refractivity contribution in [3.63, 3.8) is 0 Å². The molecular formula is C25H33N3O4S. The van der Waals surface area contributed by atoms with Crippen molar-refractivity contribution in [3.8, 4) is 0 Å². The van der Waals surface area contributed by atoms with Gasteiger partial charge in [-0.3, -0.25) is 9.59 Å². The maximum atomic E-state index is 12.9. The molecule has 0 spiro atoms. The first kappa shape index (κ1) is 24.9. The molecule has 1 fully saturated rings. The molecule has 7 nitrogen and oxygen atoms in total. The molecule has 0 unspecified atom stereocenters. The average Bonchev–Trinajstić information content (AvgIpc) is 2.84. The molecule has 3 rings (SSSR count). The predicted octanol–water partition coefficient (Wildman–Crippen LogP) is 3.07. The van der Waals surface area contributed by atoms with E-state index in [0.717, 1.165) is 5.56 Å². The van der Waals surface area contributed by atoms with E-state index in [4.69, 9.17) is 0 Å². The number of benzene rings is 2. The van der Waals surface area contributed by atoms with Crippen LogP contribution in [0.1, 0.15) is 49.0 Å². The lowest BCUT2D eigenvalue weighted by molar-refractivity contribution is -0.122. The molecule has 2 aromatic rings. The number of sulfonamides is 1. The van der Waals surface area contributed by atoms with Crippen molar-refractivity contribution in [1.29, 1.82) is 0 Å². The SMILES string of the molecule is CCN(CC)S(=O)(=O)c1ccc(C(=O)N2CCC(NC(=O)CCc3ccccc3)CC2)cc1. The molecule has 0 saturated carbocycles. The number of aryl methyl sites for hydroxylation is 1. The van der Waals surface area contributed by atoms with Gasteiger partial charge in [-0.2, -0.15) is 4.31 Å². The Morgan fingerprint density at radius 3 is 2.15 bits per heavy atom. The Kier molecular flexibility index (Phi) is 8.63. The van der Waals surface area contributed by atoms with Gasteiger partial charge in [-0.05, 0) is 49.1 Å². The zero-order chi connectivity index (χ0) is 23.8. The van der Waals surface area contributed by atoms with Gasteiger partial charge in [-0.15, -0.1) is 0 Å². The standard InChI is InChI=1S/C25H33N3O4S/c1-3-28(4-2)33(31,32)23-13-11-21(12-14-23)25(30)27-18-16-22(17-19-27)26-24(29)15-10-20-8-6-5-7-9-20/h5-9,11-14,22H,3-4,10,15-19H2,1-2H3,(H,26,29). The van der Waals surface area contributed by atoms with Gasteiger partial charge in [0.1, 0.15) is 0 Å². The van der Waals surface area contributed by atoms with Crippen molar-refractivity contribution in [1.82, 2.24) is 14.5 Å². The molecule has 1 aliphatic rings. The van der Waals surface area contributed by atoms with E-state index in [0.29, 0.717) is 57.4 Å². The first-order valence-electron chi connectivity index (χ1n) is 11.6. The van der Waals surface area contributed by atoms with Gasteiger partial charge < -0.3 is 10.2 Å². The lowest BCUT2D eigenvalue weighted by atomic mass is 10.0. The predicted molar refractivity (Wildman–Crippen MR) is 128 cm³/mol. The molecule has 178 valence electrons. The van der Waals surface area contributed by atoms with E-state index in [1.807, 2.05) is 30.3 Å². The third kappa shape index (κ3) is 6.42. The van der Waals surface area contributed by atoms with Crippen LogP contribution in [0, 0.1) is 0 Å². The van der Waals surface area contributed by atoms with E-state index in [9.17, 15) is 18.0 Å². The molecule has 33 heavy (non-hydrogen) atoms. The Bertz CT molecular complexity index is 1030. The molecule has 1 saturated heterocycles. The fourth-order valence-electron chi connectivity index (χ4n) is 4.09. The van der Waals surface area contributed by atoms with Gasteiger partial charge in [0.25, 0.3) is 5.91 Å². The van der Waals surface area contributed by atoms with E-state index >= 15 is 0 Å². The maximum absolute atomic E-state index is 12.9. The summed E-state index contributed by atoms with van der Waals surface area (Å²) in [6, 6.07) is 16.2. The molecule has 0 aliphatic carbocycles. The summed E-state index contributed by atoms with van der Waals surface area (Å²) < 4.78 is 26.6. The maximum Gasteiger partial charge on any atom is 0.253 e. The van der Waals surface area contributed by atoms with Crippen molar-refractivity contribution in [2.45, 2.75) is 50.5 Å². The van der Waals surface area contributed by atoms with Crippen LogP contribution in [0.3, 0.4) is 0 Å². The minimum Gasteiger partial charge on any atom is -0.353 e. The Morgan fingerprint density at radius 2 is 1.58 bits per heavy atom. The molecule has 0 radical (unpaired) electrons. The van der Waals surface area contributed by atoms with Gasteiger partial charge >= 0.3 is 0 Å². The molecule has 1 heterocycles. The summed E-state index contributed by atoms with van der Waals surface area (Å²) in [5.74, 6) is -0.0794. The van der Waals surface area contributed by atoms with Crippen LogP contribution >= 0.6 is 0 Å². The highest BCUT2D eigenvalue weighted by atomic mass is 32.2. The first-order valence-corrected chi connectivity index (χ1v) is 13.0. The largest absolute Gasteiger partial charge is 0.353 e. The lowest BCUT2D eigenvalue weighted by Crippen LogP contribution is -2.46. The van der Waals surface area contributed by atoms with Crippen LogP contribution < -0.4 is 5.32 Å². The Hall–Kier alpha value is -2.71. The number of carbonyl (C=O) groups is 2. The molecule has 1 N–H and O–H groups in total. The van der Waals surface area contributed by atoms with E-state index < -0.39 is 10.0 Å². The lowest BCUT2D eigenvalue weighted by Gasteiger charge is -2.32. The quantitative estimate of drug-likeness (QED) is 0.609. The molecule has 1 aliphatic heterocycles. The Labute approximate surface area is 196 Å². The number of piperidine rings is 1. The average molecular weight is 472 g/mol. The second-order valence-electron chi connectivity index (χ2n) is 8.23. The van der Waals surface area contributed by atoms with Gasteiger partial charge in [0.2, 0.25) is 15.9 Å². The first-order chi connectivity index (χ1) is 15.8. The minimum atomic E-state index is -3.54. The third-order valence-electron chi connectivity index (χ3n) is 6.08. The van der Waals surface area contributed by atoms with Crippen LogP contribution in [0.4, 0.5) is 0 Å². The van der Waals surface area contributed by atoms with Crippen LogP contribution in [0.25, 0.3) is 0 Å². The number of nitrogens with zero attached hydrogens (tertiary/aromatic N) is 2. The number of carbonyl (C=O) groups excluding carboxylic acids is 2. The topological polar surface area (TPSA) is 86.8 Å². The van der Waals surface area contributed by atoms with Gasteiger partial charge in [-0.25, -0.2) is 8.42 Å². The second kappa shape index (κ2) is 11.4. The molecule has 8 heteroatoms. The van der Waals surface area contributed by atoms with E-state index in [2.05, 4.69) is 5.32 Å². The fraction of sp³-hybridized carbons (Fsp3) is 0.440. The number of rotatable bonds is 9. The molecule has 2 amide bonds. The Balaban J connectivity index is 1.49. The highest BCUT2D eigenvalue weighted by Gasteiger charge is 2.26. The third-order valence-corrected chi connectivity index (χ3v) is 8.14. The monoisotopic (exact) mass is 471 g/mol. The Morgan fingerprint density at radius 1 is 0.970 bits per heavy atom. The molecule has 0 bridgehead atoms. The number of hydrogen-bond donors (Lipinski definition) is 1. The van der Waals surface area contributed by atoms with Crippen LogP contribution in [0.15, 0.2) is 59.5 Å². The van der Waals surface area contributed by atoms with Gasteiger partial charge in [-0.1, -0.05) is 44.2 Å². The summed E-state index contributed by atoms with van der Waals surface area (Å²) in [6.07, 6.45) is 2.57. The summed E-state index contributed by atoms with van der Waals surface area (Å²) in [5, 5.41) is 3.09. The highest BCUT2D eigenvalue weighted by Crippen LogP contribution is 2.19. The van der Waals surface area contributed by atoms with Crippen LogP contribution in [-0.4, -0.2) is 61.7 Å². The van der Waals surface area contributed by atoms with E-state index in [-0.39, 0.29) is 22.8 Å². The number of amides is 2. The van der Waals surface area contributed by atoms with Crippen LogP contribution in [0.2, 0.25) is 0 Å². The van der Waals surface area contributed by atoms with E-state index in [1.165, 1.54) is 16.4 Å². The van der Waals surface area contributed by atoms with Crippen molar-refractivity contribution >= 4 is 21.8 Å². The van der Waals surface area contributed by atoms with Gasteiger partial charge in [0, 0.05) is 44.2 Å². The van der Waals surface area contributed by atoms with Crippen LogP contribution in [0.5, 0.6) is 0 Å². The second-order valence-corrected chi connectivity index (χ2v) is 10.2. The number of hydrogen-bond acceptors (Lipinski definition) is 4. The summed E-state index contributed by atoms with van der Waals surface area (Å²) in [6.45, 7) is 5.51. The van der Waals surface area contributed by atoms with Crippen molar-refractivity contribution in [2.24, 2.45) is 0 Å². The highest BCUT2D eigenvalue weighted by molar-refractivity contribution is 7.89. The summed E-state index contributed by atoms with van der Waals surface area (Å²) in [4.78, 5) is 27.1. The number of likely N-dealkylation sites (tertiary alicyclic amines) is 1. The molecular weight excluding hydrogens is 438 g/mol. The zero-order valence-corrected chi connectivity index (χ0v) is 20.2. The normalized spacial score (nSPS) is 14.9. The zero-order valence-electron chi connectivity index (χ0n) is 19.4. The van der Waals surface area contributed by atoms with Crippen molar-refractivity contribution < 1.29 is 18.0 Å². The minimum absolute atomic E-state index is 0.0358.